The van der Waals surface area contributed by atoms with E-state index in [0.29, 0.717) is 18.4 Å². The molecule has 1 N–H and O–H groups in total. The van der Waals surface area contributed by atoms with Crippen molar-refractivity contribution in [3.63, 3.8) is 0 Å². The fourth-order valence-corrected chi connectivity index (χ4v) is 4.04. The minimum Gasteiger partial charge on any atom is -0.346 e. The predicted octanol–water partition coefficient (Wildman–Crippen LogP) is 2.51. The number of nitrogens with one attached hydrogen (secondary N) is 1. The third-order valence-electron chi connectivity index (χ3n) is 4.44. The van der Waals surface area contributed by atoms with Gasteiger partial charge in [-0.15, -0.1) is 0 Å². The molecule has 19 heavy (non-hydrogen) atoms. The lowest BCUT2D eigenvalue weighted by atomic mass is 9.87. The highest BCUT2D eigenvalue weighted by Gasteiger charge is 2.20. The van der Waals surface area contributed by atoms with E-state index in [4.69, 9.17) is 0 Å². The number of hydrogen-bond acceptors (Lipinski definition) is 3. The molecule has 2 rings (SSSR count). The predicted molar refractivity (Wildman–Crippen MR) is 82.6 cm³/mol. The third kappa shape index (κ3) is 5.35. The topological polar surface area (TPSA) is 32.3 Å². The average molecular weight is 284 g/mol. The van der Waals surface area contributed by atoms with Gasteiger partial charge in [-0.2, -0.15) is 11.8 Å². The van der Waals surface area contributed by atoms with Gasteiger partial charge < -0.3 is 10.2 Å². The first kappa shape index (κ1) is 15.2. The van der Waals surface area contributed by atoms with E-state index in [1.165, 1.54) is 44.3 Å². The van der Waals surface area contributed by atoms with E-state index >= 15 is 0 Å². The molecule has 1 unspecified atom stereocenters. The molecule has 0 aromatic carbocycles. The molecule has 1 saturated carbocycles. The molecular formula is C15H28N2OS. The Morgan fingerprint density at radius 3 is 2.79 bits per heavy atom. The van der Waals surface area contributed by atoms with Crippen LogP contribution >= 0.6 is 11.8 Å². The summed E-state index contributed by atoms with van der Waals surface area (Å²) in [6.07, 6.45) is 8.84. The summed E-state index contributed by atoms with van der Waals surface area (Å²) in [7, 11) is 1.97. The highest BCUT2D eigenvalue weighted by molar-refractivity contribution is 7.99. The Bertz CT molecular complexity index is 273. The van der Waals surface area contributed by atoms with Crippen LogP contribution in [0.4, 0.5) is 0 Å². The van der Waals surface area contributed by atoms with Crippen LogP contribution in [0.3, 0.4) is 0 Å². The summed E-state index contributed by atoms with van der Waals surface area (Å²) >= 11 is 1.96. The maximum atomic E-state index is 12.2. The van der Waals surface area contributed by atoms with Crippen LogP contribution in [0.2, 0.25) is 0 Å². The van der Waals surface area contributed by atoms with Crippen LogP contribution in [0.5, 0.6) is 0 Å². The van der Waals surface area contributed by atoms with Crippen LogP contribution in [0.25, 0.3) is 0 Å². The van der Waals surface area contributed by atoms with Gasteiger partial charge in [-0.1, -0.05) is 32.1 Å². The van der Waals surface area contributed by atoms with Gasteiger partial charge >= 0.3 is 0 Å². The Kier molecular flexibility index (Phi) is 6.51. The number of rotatable bonds is 5. The first-order valence-electron chi connectivity index (χ1n) is 7.81. The number of amides is 1. The van der Waals surface area contributed by atoms with Crippen molar-refractivity contribution in [2.45, 2.75) is 51.0 Å². The van der Waals surface area contributed by atoms with E-state index in [1.54, 1.807) is 0 Å². The Labute approximate surface area is 121 Å². The molecule has 2 fully saturated rings. The summed E-state index contributed by atoms with van der Waals surface area (Å²) in [5, 5.41) is 3.44. The molecule has 0 spiro atoms. The number of hydrogen-bond donors (Lipinski definition) is 1. The molecule has 4 heteroatoms. The molecule has 0 radical (unpaired) electrons. The molecule has 1 atom stereocenters. The van der Waals surface area contributed by atoms with Gasteiger partial charge in [0.1, 0.15) is 0 Å². The van der Waals surface area contributed by atoms with Crippen LogP contribution in [-0.4, -0.2) is 48.5 Å². The van der Waals surface area contributed by atoms with Gasteiger partial charge in [0.25, 0.3) is 0 Å². The van der Waals surface area contributed by atoms with Crippen molar-refractivity contribution >= 4 is 17.7 Å². The molecule has 0 bridgehead atoms. The highest BCUT2D eigenvalue weighted by atomic mass is 32.2. The van der Waals surface area contributed by atoms with Crippen molar-refractivity contribution in [2.24, 2.45) is 5.92 Å². The highest BCUT2D eigenvalue weighted by Crippen LogP contribution is 2.26. The van der Waals surface area contributed by atoms with Gasteiger partial charge in [0.15, 0.2) is 0 Å². The van der Waals surface area contributed by atoms with E-state index in [2.05, 4.69) is 5.32 Å². The normalized spacial score (nSPS) is 25.2. The molecule has 1 aliphatic carbocycles. The van der Waals surface area contributed by atoms with Crippen molar-refractivity contribution in [3.8, 4) is 0 Å². The zero-order valence-electron chi connectivity index (χ0n) is 12.2. The number of thioether (sulfide) groups is 1. The maximum Gasteiger partial charge on any atom is 0.223 e. The van der Waals surface area contributed by atoms with Gasteiger partial charge in [0, 0.05) is 44.1 Å². The Morgan fingerprint density at radius 1 is 1.32 bits per heavy atom. The van der Waals surface area contributed by atoms with E-state index < -0.39 is 0 Å². The van der Waals surface area contributed by atoms with Gasteiger partial charge in [-0.3, -0.25) is 4.79 Å². The summed E-state index contributed by atoms with van der Waals surface area (Å²) in [5.41, 5.74) is 0. The summed E-state index contributed by atoms with van der Waals surface area (Å²) in [6.45, 7) is 2.00. The summed E-state index contributed by atoms with van der Waals surface area (Å²) in [6, 6.07) is 0.392. The van der Waals surface area contributed by atoms with E-state index in [-0.39, 0.29) is 0 Å². The van der Waals surface area contributed by atoms with Gasteiger partial charge in [0.2, 0.25) is 5.91 Å². The Balaban J connectivity index is 1.63. The second kappa shape index (κ2) is 8.15. The number of carbonyl (C=O) groups excluding carboxylic acids is 1. The lowest BCUT2D eigenvalue weighted by Gasteiger charge is -2.27. The van der Waals surface area contributed by atoms with E-state index in [0.717, 1.165) is 24.8 Å². The number of carbonyl (C=O) groups is 1. The summed E-state index contributed by atoms with van der Waals surface area (Å²) in [4.78, 5) is 14.1. The van der Waals surface area contributed by atoms with E-state index in [1.807, 2.05) is 23.7 Å². The Hall–Kier alpha value is -0.220. The van der Waals surface area contributed by atoms with Crippen molar-refractivity contribution in [3.05, 3.63) is 0 Å². The van der Waals surface area contributed by atoms with Crippen molar-refractivity contribution in [1.29, 1.82) is 0 Å². The molecule has 1 heterocycles. The van der Waals surface area contributed by atoms with E-state index in [9.17, 15) is 4.79 Å². The summed E-state index contributed by atoms with van der Waals surface area (Å²) < 4.78 is 0. The second-order valence-electron chi connectivity index (χ2n) is 6.04. The van der Waals surface area contributed by atoms with Crippen molar-refractivity contribution < 1.29 is 4.79 Å². The first-order chi connectivity index (χ1) is 9.25. The molecule has 0 aromatic rings. The van der Waals surface area contributed by atoms with Crippen molar-refractivity contribution in [2.75, 3.05) is 31.6 Å². The Morgan fingerprint density at radius 2 is 2.11 bits per heavy atom. The maximum absolute atomic E-state index is 12.2. The summed E-state index contributed by atoms with van der Waals surface area (Å²) in [5.74, 6) is 3.45. The molecule has 110 valence electrons. The van der Waals surface area contributed by atoms with Crippen LogP contribution in [0.1, 0.15) is 44.9 Å². The third-order valence-corrected chi connectivity index (χ3v) is 5.57. The van der Waals surface area contributed by atoms with Crippen LogP contribution in [0, 0.1) is 5.92 Å². The van der Waals surface area contributed by atoms with Crippen LogP contribution < -0.4 is 5.32 Å². The van der Waals surface area contributed by atoms with Crippen LogP contribution in [-0.2, 0) is 4.79 Å². The lowest BCUT2D eigenvalue weighted by Crippen LogP contribution is -2.42. The molecule has 2 aliphatic rings. The fraction of sp³-hybridized carbons (Fsp3) is 0.933. The molecule has 1 saturated heterocycles. The molecule has 3 nitrogen and oxygen atoms in total. The quantitative estimate of drug-likeness (QED) is 0.842. The SMILES string of the molecule is CN(CCC1CCCCC1)C(=O)CC1CSCCN1. The smallest absolute Gasteiger partial charge is 0.223 e. The minimum absolute atomic E-state index is 0.316. The van der Waals surface area contributed by atoms with Crippen LogP contribution in [0.15, 0.2) is 0 Å². The zero-order chi connectivity index (χ0) is 13.5. The molecule has 1 amide bonds. The second-order valence-corrected chi connectivity index (χ2v) is 7.19. The minimum atomic E-state index is 0.316. The van der Waals surface area contributed by atoms with Gasteiger partial charge in [0.05, 0.1) is 0 Å². The first-order valence-corrected chi connectivity index (χ1v) is 8.96. The molecular weight excluding hydrogens is 256 g/mol. The van der Waals surface area contributed by atoms with Crippen molar-refractivity contribution in [1.82, 2.24) is 10.2 Å². The zero-order valence-corrected chi connectivity index (χ0v) is 13.0. The fourth-order valence-electron chi connectivity index (χ4n) is 3.09. The standard InChI is InChI=1S/C15H28N2OS/c1-17(9-7-13-5-3-2-4-6-13)15(18)11-14-12-19-10-8-16-14/h13-14,16H,2-12H2,1H3. The monoisotopic (exact) mass is 284 g/mol. The largest absolute Gasteiger partial charge is 0.346 e. The number of nitrogens with zero attached hydrogens (tertiary/aromatic N) is 1. The molecule has 1 aliphatic heterocycles. The average Bonchev–Trinajstić information content (AvgIpc) is 2.47. The lowest BCUT2D eigenvalue weighted by molar-refractivity contribution is -0.130. The molecule has 0 aromatic heterocycles. The van der Waals surface area contributed by atoms with Gasteiger partial charge in [-0.25, -0.2) is 0 Å². The van der Waals surface area contributed by atoms with Gasteiger partial charge in [-0.05, 0) is 12.3 Å².